The fraction of sp³-hybridized carbons (Fsp3) is 0.698. The molecule has 3 nitrogen and oxygen atoms in total. The van der Waals surface area contributed by atoms with Gasteiger partial charge in [-0.25, -0.2) is 0 Å². The lowest BCUT2D eigenvalue weighted by molar-refractivity contribution is -0.150. The predicted octanol–water partition coefficient (Wildman–Crippen LogP) is 13.2. The maximum absolute atomic E-state index is 12.5. The third-order valence-electron chi connectivity index (χ3n) is 8.08. The minimum absolute atomic E-state index is 0.00368. The summed E-state index contributed by atoms with van der Waals surface area (Å²) >= 11 is 0. The van der Waals surface area contributed by atoms with Crippen LogP contribution in [0.1, 0.15) is 168 Å². The Labute approximate surface area is 287 Å². The Hall–Kier alpha value is -2.13. The van der Waals surface area contributed by atoms with E-state index < -0.39 is 0 Å². The number of hydrogen-bond acceptors (Lipinski definition) is 3. The number of allylic oxidation sites excluding steroid dienone is 12. The topological polar surface area (TPSA) is 29.5 Å². The Morgan fingerprint density at radius 2 is 0.870 bits per heavy atom. The van der Waals surface area contributed by atoms with Crippen LogP contribution >= 0.6 is 0 Å². The van der Waals surface area contributed by atoms with Crippen LogP contribution in [0.2, 0.25) is 0 Å². The predicted molar refractivity (Wildman–Crippen MR) is 205 cm³/mol. The molecule has 3 heteroatoms. The van der Waals surface area contributed by atoms with E-state index in [1.807, 2.05) is 0 Å². The van der Waals surface area contributed by atoms with E-state index >= 15 is 0 Å². The number of esters is 1. The van der Waals surface area contributed by atoms with Crippen molar-refractivity contribution in [3.05, 3.63) is 72.9 Å². The van der Waals surface area contributed by atoms with Crippen molar-refractivity contribution in [2.75, 3.05) is 20.6 Å². The van der Waals surface area contributed by atoms with Crippen molar-refractivity contribution >= 4 is 5.97 Å². The second-order valence-corrected chi connectivity index (χ2v) is 13.1. The highest BCUT2D eigenvalue weighted by Gasteiger charge is 2.14. The first kappa shape index (κ1) is 43.9. The molecule has 0 amide bonds. The number of unbranched alkanes of at least 4 members (excludes halogenated alkanes) is 12. The molecule has 0 aromatic rings. The summed E-state index contributed by atoms with van der Waals surface area (Å²) in [5, 5.41) is 0. The van der Waals surface area contributed by atoms with E-state index in [1.54, 1.807) is 0 Å². The molecule has 0 N–H and O–H groups in total. The molecule has 0 aromatic carbocycles. The summed E-state index contributed by atoms with van der Waals surface area (Å²) in [5.41, 5.74) is 0. The van der Waals surface area contributed by atoms with Crippen LogP contribution in [-0.2, 0) is 9.53 Å². The summed E-state index contributed by atoms with van der Waals surface area (Å²) in [4.78, 5) is 14.6. The highest BCUT2D eigenvalue weighted by molar-refractivity contribution is 5.69. The maximum Gasteiger partial charge on any atom is 0.306 e. The first-order valence-electron chi connectivity index (χ1n) is 19.3. The lowest BCUT2D eigenvalue weighted by Gasteiger charge is -2.18. The fourth-order valence-corrected chi connectivity index (χ4v) is 5.26. The average Bonchev–Trinajstić information content (AvgIpc) is 3.04. The highest BCUT2D eigenvalue weighted by Crippen LogP contribution is 2.18. The van der Waals surface area contributed by atoms with Crippen molar-refractivity contribution in [2.24, 2.45) is 0 Å². The highest BCUT2D eigenvalue weighted by atomic mass is 16.5. The number of hydrogen-bond donors (Lipinski definition) is 0. The Morgan fingerprint density at radius 3 is 1.28 bits per heavy atom. The third-order valence-corrected chi connectivity index (χ3v) is 8.08. The molecule has 0 aliphatic rings. The molecule has 0 aliphatic heterocycles. The fourth-order valence-electron chi connectivity index (χ4n) is 5.26. The molecule has 264 valence electrons. The molecule has 0 radical (unpaired) electrons. The molecular formula is C43H75NO2. The Kier molecular flexibility index (Phi) is 35.6. The quantitative estimate of drug-likeness (QED) is 0.0407. The van der Waals surface area contributed by atoms with Gasteiger partial charge in [-0.15, -0.1) is 0 Å². The molecule has 0 atom stereocenters. The van der Waals surface area contributed by atoms with Gasteiger partial charge >= 0.3 is 5.97 Å². The second kappa shape index (κ2) is 37.3. The molecule has 0 saturated carbocycles. The van der Waals surface area contributed by atoms with Gasteiger partial charge < -0.3 is 9.64 Å². The van der Waals surface area contributed by atoms with Gasteiger partial charge in [-0.3, -0.25) is 4.79 Å². The molecule has 0 aliphatic carbocycles. The summed E-state index contributed by atoms with van der Waals surface area (Å²) in [6.45, 7) is 5.37. The van der Waals surface area contributed by atoms with Crippen molar-refractivity contribution in [1.29, 1.82) is 0 Å². The van der Waals surface area contributed by atoms with Gasteiger partial charge in [0.2, 0.25) is 0 Å². The summed E-state index contributed by atoms with van der Waals surface area (Å²) in [5.74, 6) is -0.00368. The third kappa shape index (κ3) is 36.3. The van der Waals surface area contributed by atoms with Crippen LogP contribution in [-0.4, -0.2) is 37.6 Å². The van der Waals surface area contributed by atoms with Crippen molar-refractivity contribution in [1.82, 2.24) is 4.90 Å². The van der Waals surface area contributed by atoms with E-state index in [-0.39, 0.29) is 12.1 Å². The number of carbonyl (C=O) groups is 1. The van der Waals surface area contributed by atoms with Crippen LogP contribution in [0.5, 0.6) is 0 Å². The summed E-state index contributed by atoms with van der Waals surface area (Å²) in [7, 11) is 4.11. The lowest BCUT2D eigenvalue weighted by Crippen LogP contribution is -2.20. The molecule has 0 bridgehead atoms. The Bertz CT molecular complexity index is 763. The average molecular weight is 638 g/mol. The van der Waals surface area contributed by atoms with Crippen LogP contribution in [0.25, 0.3) is 0 Å². The van der Waals surface area contributed by atoms with Gasteiger partial charge in [-0.05, 0) is 117 Å². The van der Waals surface area contributed by atoms with E-state index in [1.165, 1.54) is 103 Å². The molecule has 0 rings (SSSR count). The smallest absolute Gasteiger partial charge is 0.306 e. The normalized spacial score (nSPS) is 13.3. The van der Waals surface area contributed by atoms with Crippen LogP contribution < -0.4 is 0 Å². The molecule has 0 fully saturated rings. The molecule has 0 spiro atoms. The van der Waals surface area contributed by atoms with Crippen LogP contribution in [0.4, 0.5) is 0 Å². The Morgan fingerprint density at radius 1 is 0.500 bits per heavy atom. The number of ether oxygens (including phenoxy) is 1. The van der Waals surface area contributed by atoms with Gasteiger partial charge in [-0.2, -0.15) is 0 Å². The maximum atomic E-state index is 12.5. The van der Waals surface area contributed by atoms with Crippen molar-refractivity contribution in [3.63, 3.8) is 0 Å². The monoisotopic (exact) mass is 638 g/mol. The standard InChI is InChI=1S/C43H75NO2/c1-5-7-9-11-13-15-17-19-21-23-25-27-29-31-33-35-38-42(46-43(45)40-37-41-44(3)4)39-36-34-32-30-28-26-24-22-20-18-16-14-12-10-8-6-2/h9-12,15-18,21-24,42H,5-8,13-14,19-20,25-41H2,1-4H3. The van der Waals surface area contributed by atoms with E-state index in [0.29, 0.717) is 6.42 Å². The van der Waals surface area contributed by atoms with Crippen LogP contribution in [0.3, 0.4) is 0 Å². The van der Waals surface area contributed by atoms with E-state index in [4.69, 9.17) is 4.74 Å². The lowest BCUT2D eigenvalue weighted by atomic mass is 10.0. The largest absolute Gasteiger partial charge is 0.462 e. The number of carbonyl (C=O) groups excluding carboxylic acids is 1. The summed E-state index contributed by atoms with van der Waals surface area (Å²) in [6, 6.07) is 0. The van der Waals surface area contributed by atoms with Gasteiger partial charge in [0.25, 0.3) is 0 Å². The van der Waals surface area contributed by atoms with Crippen molar-refractivity contribution in [2.45, 2.75) is 174 Å². The second-order valence-electron chi connectivity index (χ2n) is 13.1. The Balaban J connectivity index is 4.08. The number of nitrogens with zero attached hydrogens (tertiary/aromatic N) is 1. The van der Waals surface area contributed by atoms with E-state index in [9.17, 15) is 4.79 Å². The number of rotatable bonds is 33. The zero-order valence-electron chi connectivity index (χ0n) is 30.9. The van der Waals surface area contributed by atoms with Crippen LogP contribution in [0, 0.1) is 0 Å². The van der Waals surface area contributed by atoms with Gasteiger partial charge in [0.1, 0.15) is 6.10 Å². The van der Waals surface area contributed by atoms with E-state index in [0.717, 1.165) is 51.5 Å². The molecule has 0 heterocycles. The van der Waals surface area contributed by atoms with Gasteiger partial charge in [0, 0.05) is 6.42 Å². The first-order chi connectivity index (χ1) is 22.6. The van der Waals surface area contributed by atoms with Gasteiger partial charge in [-0.1, -0.05) is 138 Å². The zero-order chi connectivity index (χ0) is 33.6. The summed E-state index contributed by atoms with van der Waals surface area (Å²) < 4.78 is 5.99. The van der Waals surface area contributed by atoms with E-state index in [2.05, 4.69) is 106 Å². The molecule has 0 unspecified atom stereocenters. The molecule has 0 saturated heterocycles. The summed E-state index contributed by atoms with van der Waals surface area (Å²) in [6.07, 6.45) is 54.9. The van der Waals surface area contributed by atoms with Gasteiger partial charge in [0.15, 0.2) is 0 Å². The molecule has 0 aromatic heterocycles. The first-order valence-corrected chi connectivity index (χ1v) is 19.3. The van der Waals surface area contributed by atoms with Crippen molar-refractivity contribution < 1.29 is 9.53 Å². The van der Waals surface area contributed by atoms with Gasteiger partial charge in [0.05, 0.1) is 0 Å². The van der Waals surface area contributed by atoms with Crippen LogP contribution in [0.15, 0.2) is 72.9 Å². The van der Waals surface area contributed by atoms with Crippen molar-refractivity contribution in [3.8, 4) is 0 Å². The molecule has 46 heavy (non-hydrogen) atoms. The minimum Gasteiger partial charge on any atom is -0.462 e. The zero-order valence-corrected chi connectivity index (χ0v) is 30.9. The molecular weight excluding hydrogens is 562 g/mol. The minimum atomic E-state index is -0.00368. The SMILES string of the molecule is CCCC=CCC=CCC=CCCCCCCCC(CCCCCCCC=CCC=CCC=CCCC)OC(=O)CCCN(C)C.